The molecule has 180 valence electrons. The lowest BCUT2D eigenvalue weighted by Crippen LogP contribution is -2.48. The molecule has 1 saturated carbocycles. The smallest absolute Gasteiger partial charge is 0.237 e. The van der Waals surface area contributed by atoms with Gasteiger partial charge < -0.3 is 19.5 Å². The summed E-state index contributed by atoms with van der Waals surface area (Å²) < 4.78 is 11.7. The van der Waals surface area contributed by atoms with Crippen LogP contribution >= 0.6 is 11.3 Å². The molecule has 0 unspecified atom stereocenters. The van der Waals surface area contributed by atoms with Gasteiger partial charge in [-0.3, -0.25) is 9.69 Å². The van der Waals surface area contributed by atoms with E-state index in [1.165, 1.54) is 23.3 Å². The Morgan fingerprint density at radius 1 is 1.24 bits per heavy atom. The lowest BCUT2D eigenvalue weighted by atomic mass is 10.0. The molecule has 1 N–H and O–H groups in total. The van der Waals surface area contributed by atoms with E-state index in [2.05, 4.69) is 16.3 Å². The Hall–Kier alpha value is -1.93. The zero-order valence-corrected chi connectivity index (χ0v) is 20.5. The van der Waals surface area contributed by atoms with Gasteiger partial charge in [0.15, 0.2) is 0 Å². The Morgan fingerprint density at radius 3 is 2.76 bits per heavy atom. The molecule has 0 bridgehead atoms. The van der Waals surface area contributed by atoms with E-state index in [4.69, 9.17) is 9.47 Å². The van der Waals surface area contributed by atoms with Crippen LogP contribution in [0.15, 0.2) is 41.8 Å². The van der Waals surface area contributed by atoms with E-state index in [1.54, 1.807) is 11.3 Å². The van der Waals surface area contributed by atoms with Crippen molar-refractivity contribution in [1.29, 1.82) is 0 Å². The van der Waals surface area contributed by atoms with Crippen molar-refractivity contribution in [2.45, 2.75) is 51.4 Å². The van der Waals surface area contributed by atoms with Crippen LogP contribution in [0, 0.1) is 5.92 Å². The van der Waals surface area contributed by atoms with Crippen LogP contribution in [0.2, 0.25) is 0 Å². The van der Waals surface area contributed by atoms with Gasteiger partial charge in [0.25, 0.3) is 0 Å². The monoisotopic (exact) mass is 472 g/mol. The first kappa shape index (κ1) is 24.2. The molecular formula is C26H36N2O4S. The number of para-hydroxylation sites is 1. The SMILES string of the molecule is CC(C)OC[C@@H](O)CN(CC(=O)N1CCc2sccc2[C@H]1COc1ccccc1)CC1CC1. The van der Waals surface area contributed by atoms with Gasteiger partial charge in [-0.25, -0.2) is 0 Å². The highest BCUT2D eigenvalue weighted by Crippen LogP contribution is 2.34. The van der Waals surface area contributed by atoms with Gasteiger partial charge >= 0.3 is 0 Å². The lowest BCUT2D eigenvalue weighted by Gasteiger charge is -2.37. The molecule has 7 heteroatoms. The first-order valence-electron chi connectivity index (χ1n) is 12.0. The van der Waals surface area contributed by atoms with Gasteiger partial charge in [-0.1, -0.05) is 18.2 Å². The Labute approximate surface area is 201 Å². The predicted octanol–water partition coefficient (Wildman–Crippen LogP) is 3.75. The summed E-state index contributed by atoms with van der Waals surface area (Å²) in [5.41, 5.74) is 1.20. The number of aliphatic hydroxyl groups excluding tert-OH is 1. The topological polar surface area (TPSA) is 62.2 Å². The Bertz CT molecular complexity index is 883. The summed E-state index contributed by atoms with van der Waals surface area (Å²) >= 11 is 1.76. The van der Waals surface area contributed by atoms with Crippen molar-refractivity contribution >= 4 is 17.2 Å². The molecule has 2 aromatic rings. The van der Waals surface area contributed by atoms with Crippen LogP contribution in [0.4, 0.5) is 0 Å². The molecule has 1 aliphatic heterocycles. The summed E-state index contributed by atoms with van der Waals surface area (Å²) in [4.78, 5) is 19.0. The van der Waals surface area contributed by atoms with Crippen LogP contribution < -0.4 is 4.74 Å². The highest BCUT2D eigenvalue weighted by Gasteiger charge is 2.34. The van der Waals surface area contributed by atoms with Crippen molar-refractivity contribution < 1.29 is 19.4 Å². The first-order valence-corrected chi connectivity index (χ1v) is 12.9. The van der Waals surface area contributed by atoms with Crippen LogP contribution in [0.5, 0.6) is 5.75 Å². The van der Waals surface area contributed by atoms with Gasteiger partial charge in [-0.2, -0.15) is 0 Å². The second-order valence-electron chi connectivity index (χ2n) is 9.45. The summed E-state index contributed by atoms with van der Waals surface area (Å²) in [6, 6.07) is 11.8. The van der Waals surface area contributed by atoms with Gasteiger partial charge in [0.2, 0.25) is 5.91 Å². The summed E-state index contributed by atoms with van der Waals surface area (Å²) in [7, 11) is 0. The highest BCUT2D eigenvalue weighted by atomic mass is 32.1. The van der Waals surface area contributed by atoms with Gasteiger partial charge in [0.1, 0.15) is 12.4 Å². The third kappa shape index (κ3) is 7.03. The largest absolute Gasteiger partial charge is 0.491 e. The van der Waals surface area contributed by atoms with Crippen molar-refractivity contribution in [3.8, 4) is 5.75 Å². The van der Waals surface area contributed by atoms with Crippen LogP contribution in [0.1, 0.15) is 43.2 Å². The normalized spacial score (nSPS) is 19.1. The van der Waals surface area contributed by atoms with E-state index in [-0.39, 0.29) is 18.1 Å². The number of nitrogens with zero attached hydrogens (tertiary/aromatic N) is 2. The van der Waals surface area contributed by atoms with Crippen molar-refractivity contribution in [1.82, 2.24) is 9.80 Å². The van der Waals surface area contributed by atoms with Crippen molar-refractivity contribution in [3.63, 3.8) is 0 Å². The lowest BCUT2D eigenvalue weighted by molar-refractivity contribution is -0.136. The number of benzene rings is 1. The van der Waals surface area contributed by atoms with Gasteiger partial charge in [0.05, 0.1) is 31.4 Å². The summed E-state index contributed by atoms with van der Waals surface area (Å²) in [5.74, 6) is 1.56. The minimum absolute atomic E-state index is 0.0803. The summed E-state index contributed by atoms with van der Waals surface area (Å²) in [6.45, 7) is 6.98. The molecule has 0 radical (unpaired) electrons. The number of carbonyl (C=O) groups is 1. The van der Waals surface area contributed by atoms with E-state index < -0.39 is 6.10 Å². The zero-order valence-electron chi connectivity index (χ0n) is 19.7. The number of ether oxygens (including phenoxy) is 2. The molecule has 6 nitrogen and oxygen atoms in total. The molecule has 33 heavy (non-hydrogen) atoms. The van der Waals surface area contributed by atoms with Gasteiger partial charge in [0, 0.05) is 24.5 Å². The second-order valence-corrected chi connectivity index (χ2v) is 10.5. The van der Waals surface area contributed by atoms with E-state index in [9.17, 15) is 9.90 Å². The van der Waals surface area contributed by atoms with Crippen LogP contribution in [-0.4, -0.2) is 72.4 Å². The molecular weight excluding hydrogens is 436 g/mol. The number of fused-ring (bicyclic) bond motifs is 1. The number of hydrogen-bond donors (Lipinski definition) is 1. The molecule has 1 aromatic heterocycles. The molecule has 2 aliphatic rings. The predicted molar refractivity (Wildman–Crippen MR) is 131 cm³/mol. The van der Waals surface area contributed by atoms with Gasteiger partial charge in [-0.05, 0) is 68.2 Å². The quantitative estimate of drug-likeness (QED) is 0.510. The molecule has 4 rings (SSSR count). The molecule has 1 aliphatic carbocycles. The van der Waals surface area contributed by atoms with E-state index >= 15 is 0 Å². The molecule has 1 amide bonds. The summed E-state index contributed by atoms with van der Waals surface area (Å²) in [6.07, 6.45) is 2.78. The molecule has 2 heterocycles. The van der Waals surface area contributed by atoms with Crippen LogP contribution in [0.3, 0.4) is 0 Å². The Morgan fingerprint density at radius 2 is 2.03 bits per heavy atom. The second kappa shape index (κ2) is 11.5. The highest BCUT2D eigenvalue weighted by molar-refractivity contribution is 7.10. The fourth-order valence-corrected chi connectivity index (χ4v) is 5.30. The minimum atomic E-state index is -0.596. The van der Waals surface area contributed by atoms with E-state index in [0.29, 0.717) is 38.8 Å². The number of hydrogen-bond acceptors (Lipinski definition) is 6. The molecule has 2 atom stereocenters. The van der Waals surface area contributed by atoms with Crippen molar-refractivity contribution in [3.05, 3.63) is 52.2 Å². The maximum atomic E-state index is 13.5. The average molecular weight is 473 g/mol. The van der Waals surface area contributed by atoms with Gasteiger partial charge in [-0.15, -0.1) is 11.3 Å². The minimum Gasteiger partial charge on any atom is -0.491 e. The molecule has 1 aromatic carbocycles. The van der Waals surface area contributed by atoms with E-state index in [1.807, 2.05) is 49.1 Å². The third-order valence-corrected chi connectivity index (χ3v) is 7.23. The third-order valence-electron chi connectivity index (χ3n) is 6.23. The van der Waals surface area contributed by atoms with E-state index in [0.717, 1.165) is 18.7 Å². The van der Waals surface area contributed by atoms with Crippen LogP contribution in [-0.2, 0) is 16.0 Å². The number of amides is 1. The fourth-order valence-electron chi connectivity index (χ4n) is 4.37. The zero-order chi connectivity index (χ0) is 23.2. The fraction of sp³-hybridized carbons (Fsp3) is 0.577. The number of thiophene rings is 1. The first-order chi connectivity index (χ1) is 16.0. The number of rotatable bonds is 12. The average Bonchev–Trinajstić information content (AvgIpc) is 3.48. The Balaban J connectivity index is 1.42. The number of aliphatic hydroxyl groups is 1. The van der Waals surface area contributed by atoms with Crippen LogP contribution in [0.25, 0.3) is 0 Å². The molecule has 1 fully saturated rings. The molecule has 0 spiro atoms. The standard InChI is InChI=1S/C26H36N2O4S/c1-19(2)31-17-21(29)15-27(14-20-8-9-20)16-26(30)28-12-10-25-23(11-13-33-25)24(28)18-32-22-6-4-3-5-7-22/h3-7,11,13,19-21,24,29H,8-10,12,14-18H2,1-2H3/t21-,24+/m0/s1. The maximum absolute atomic E-state index is 13.5. The summed E-state index contributed by atoms with van der Waals surface area (Å²) in [5, 5.41) is 12.6. The van der Waals surface area contributed by atoms with Crippen molar-refractivity contribution in [2.75, 3.05) is 39.4 Å². The van der Waals surface area contributed by atoms with Crippen molar-refractivity contribution in [2.24, 2.45) is 5.92 Å². The maximum Gasteiger partial charge on any atom is 0.237 e. The Kier molecular flexibility index (Phi) is 8.41. The number of carbonyl (C=O) groups excluding carboxylic acids is 1. The molecule has 0 saturated heterocycles.